The predicted octanol–water partition coefficient (Wildman–Crippen LogP) is -3.67. The van der Waals surface area contributed by atoms with E-state index in [0.717, 1.165) is 6.42 Å². The SMILES string of the molecule is CC[C@H](C)[C@H](NC(=O)[C@@H]1CCCN1)C(=O)N[C@@H](CC(N)=O)C(=O)N[C@@H](Cc1ccccc1)C(=O)N[C@@H](C)C(=O)N[C@@H](CCSC)C(=O)N[C@@H](C)C(=O)N[C@@H](C)C(=O)N[C@@H](CC(C)C)C(=O)NCC(=O)NCC(=O)N[C@@H](CCC(=O)O)C(=O)N[C@H](C(=O)N[C@@H](CCC(=O)O)C(=O)N[C@H](C(=O)O)C(C)C)[C@@H](C)CC. The van der Waals surface area contributed by atoms with Gasteiger partial charge in [-0.2, -0.15) is 11.8 Å². The molecule has 0 radical (unpaired) electrons. The molecule has 107 heavy (non-hydrogen) atoms. The van der Waals surface area contributed by atoms with Gasteiger partial charge in [0.05, 0.1) is 25.6 Å². The molecule has 1 fully saturated rings. The number of carboxylic acids is 3. The lowest BCUT2D eigenvalue weighted by atomic mass is 9.96. The summed E-state index contributed by atoms with van der Waals surface area (Å²) in [5, 5.41) is 65.9. The van der Waals surface area contributed by atoms with E-state index in [0.29, 0.717) is 30.7 Å². The number of rotatable bonds is 49. The number of nitrogens with one attached hydrogen (secondary N) is 15. The molecule has 1 aromatic rings. The number of carboxylic acid groups (broad SMARTS) is 3. The van der Waals surface area contributed by atoms with Crippen molar-refractivity contribution < 1.29 is 102 Å². The monoisotopic (exact) mass is 1530 g/mol. The molecule has 1 heterocycles. The number of aliphatic carboxylic acids is 3. The Bertz CT molecular complexity index is 3270. The molecule has 15 atom stereocenters. The predicted molar refractivity (Wildman–Crippen MR) is 389 cm³/mol. The molecule has 1 saturated heterocycles. The zero-order valence-electron chi connectivity index (χ0n) is 62.7. The molecule has 37 nitrogen and oxygen atoms in total. The normalized spacial score (nSPS) is 16.4. The highest BCUT2D eigenvalue weighted by atomic mass is 32.2. The molecule has 15 amide bonds. The lowest BCUT2D eigenvalue weighted by molar-refractivity contribution is -0.144. The molecule has 1 aliphatic heterocycles. The Kier molecular flexibility index (Phi) is 41.3. The zero-order chi connectivity index (χ0) is 80.9. The van der Waals surface area contributed by atoms with Crippen molar-refractivity contribution in [2.45, 2.75) is 232 Å². The standard InChI is InChI=1S/C69H110N16O21S/c1-13-36(7)55(67(103)79-44(23-25-53(91)92)64(100)83-54(35(5)6)69(105)106)85-63(99)43(22-24-52(89)90)77-51(88)33-72-50(87)32-73-60(96)46(29-34(3)4)80-59(95)39(10)74-57(93)38(9)75-62(98)45(26-28-107-12)78-58(94)40(11)76-65(101)47(30-41-19-16-15-17-20-41)81-66(102)48(31-49(70)86)82-68(104)56(37(8)14-2)84-61(97)42-21-18-27-71-42/h15-17,19-20,34-40,42-48,54-56,71H,13-14,18,21-33H2,1-12H3,(H2,70,86)(H,72,87)(H,73,96)(H,74,93)(H,75,98)(H,76,101)(H,77,88)(H,78,94)(H,79,103)(H,80,95)(H,81,102)(H,82,104)(H,83,100)(H,84,97)(H,85,99)(H,89,90)(H,91,92)(H,105,106)/t36-,37-,38-,39-,40-,42-,43-,44-,45-,46-,47-,48-,54-,55-,56-/m0/s1. The Labute approximate surface area is 625 Å². The third-order valence-corrected chi connectivity index (χ3v) is 18.1. The van der Waals surface area contributed by atoms with Crippen LogP contribution in [0.5, 0.6) is 0 Å². The maximum absolute atomic E-state index is 14.1. The van der Waals surface area contributed by atoms with Gasteiger partial charge < -0.3 is 101 Å². The Morgan fingerprint density at radius 2 is 0.907 bits per heavy atom. The topological polar surface area (TPSA) is 574 Å². The molecule has 0 unspecified atom stereocenters. The maximum Gasteiger partial charge on any atom is 0.326 e. The fraction of sp³-hybridized carbons (Fsp3) is 0.652. The van der Waals surface area contributed by atoms with Gasteiger partial charge in [-0.05, 0) is 107 Å². The van der Waals surface area contributed by atoms with Crippen LogP contribution in [0.15, 0.2) is 30.3 Å². The van der Waals surface area contributed by atoms with Gasteiger partial charge in [-0.15, -0.1) is 0 Å². The lowest BCUT2D eigenvalue weighted by Gasteiger charge is -2.29. The minimum absolute atomic E-state index is 0.0118. The van der Waals surface area contributed by atoms with Crippen LogP contribution in [0.25, 0.3) is 0 Å². The smallest absolute Gasteiger partial charge is 0.326 e. The van der Waals surface area contributed by atoms with Crippen molar-refractivity contribution in [2.75, 3.05) is 31.6 Å². The number of carbonyl (C=O) groups is 18. The van der Waals surface area contributed by atoms with Crippen LogP contribution in [0.4, 0.5) is 0 Å². The van der Waals surface area contributed by atoms with E-state index in [4.69, 9.17) is 5.73 Å². The summed E-state index contributed by atoms with van der Waals surface area (Å²) in [5.74, 6) is -19.1. The summed E-state index contributed by atoms with van der Waals surface area (Å²) in [6, 6.07) is -9.03. The minimum Gasteiger partial charge on any atom is -0.481 e. The molecule has 0 aromatic heterocycles. The Morgan fingerprint density at radius 3 is 1.38 bits per heavy atom. The highest BCUT2D eigenvalue weighted by molar-refractivity contribution is 7.98. The number of thioether (sulfide) groups is 1. The number of primary amides is 1. The molecular weight excluding hydrogens is 1420 g/mol. The number of amides is 15. The van der Waals surface area contributed by atoms with Crippen LogP contribution < -0.4 is 85.5 Å². The van der Waals surface area contributed by atoms with Crippen LogP contribution in [0, 0.1) is 23.7 Å². The number of benzene rings is 1. The lowest BCUT2D eigenvalue weighted by Crippen LogP contribution is -2.61. The van der Waals surface area contributed by atoms with Crippen LogP contribution >= 0.6 is 11.8 Å². The van der Waals surface area contributed by atoms with Gasteiger partial charge >= 0.3 is 17.9 Å². The van der Waals surface area contributed by atoms with Gasteiger partial charge in [0, 0.05) is 19.3 Å². The van der Waals surface area contributed by atoms with Crippen molar-refractivity contribution in [2.24, 2.45) is 29.4 Å². The van der Waals surface area contributed by atoms with Gasteiger partial charge in [0.15, 0.2) is 0 Å². The third-order valence-electron chi connectivity index (χ3n) is 17.4. The molecule has 598 valence electrons. The molecule has 0 bridgehead atoms. The largest absolute Gasteiger partial charge is 0.481 e. The second kappa shape index (κ2) is 47.5. The van der Waals surface area contributed by atoms with E-state index in [2.05, 4.69) is 79.8 Å². The van der Waals surface area contributed by atoms with Gasteiger partial charge in [-0.1, -0.05) is 98.6 Å². The van der Waals surface area contributed by atoms with Crippen molar-refractivity contribution in [3.05, 3.63) is 35.9 Å². The quantitative estimate of drug-likeness (QED) is 0.0299. The first-order valence-corrected chi connectivity index (χ1v) is 37.0. The highest BCUT2D eigenvalue weighted by Crippen LogP contribution is 2.16. The van der Waals surface area contributed by atoms with Crippen molar-refractivity contribution in [1.29, 1.82) is 0 Å². The average Bonchev–Trinajstić information content (AvgIpc) is 1.67. The van der Waals surface area contributed by atoms with Gasteiger partial charge in [0.1, 0.15) is 72.5 Å². The summed E-state index contributed by atoms with van der Waals surface area (Å²) in [4.78, 5) is 238. The van der Waals surface area contributed by atoms with Gasteiger partial charge in [-0.3, -0.25) is 81.5 Å². The van der Waals surface area contributed by atoms with Crippen LogP contribution in [0.1, 0.15) is 152 Å². The van der Waals surface area contributed by atoms with E-state index in [-0.39, 0.29) is 31.6 Å². The minimum atomic E-state index is -1.64. The van der Waals surface area contributed by atoms with Gasteiger partial charge in [0.25, 0.3) is 0 Å². The second-order valence-corrected chi connectivity index (χ2v) is 28.2. The van der Waals surface area contributed by atoms with Crippen molar-refractivity contribution in [3.63, 3.8) is 0 Å². The number of hydrogen-bond acceptors (Lipinski definition) is 20. The van der Waals surface area contributed by atoms with Gasteiger partial charge in [-0.25, -0.2) is 4.79 Å². The fourth-order valence-electron chi connectivity index (χ4n) is 10.7. The number of carbonyl (C=O) groups excluding carboxylic acids is 15. The summed E-state index contributed by atoms with van der Waals surface area (Å²) in [6.07, 6.45) is 0.628. The number of nitrogens with two attached hydrogens (primary N) is 1. The van der Waals surface area contributed by atoms with E-state index in [9.17, 15) is 102 Å². The second-order valence-electron chi connectivity index (χ2n) is 27.2. The van der Waals surface area contributed by atoms with Crippen LogP contribution in [0.3, 0.4) is 0 Å². The van der Waals surface area contributed by atoms with E-state index >= 15 is 0 Å². The molecule has 0 spiro atoms. The summed E-state index contributed by atoms with van der Waals surface area (Å²) < 4.78 is 0. The fourth-order valence-corrected chi connectivity index (χ4v) is 11.1. The molecule has 0 aliphatic carbocycles. The first kappa shape index (κ1) is 93.1. The zero-order valence-corrected chi connectivity index (χ0v) is 63.5. The molecule has 1 aliphatic rings. The van der Waals surface area contributed by atoms with Crippen LogP contribution in [-0.2, 0) is 92.7 Å². The highest BCUT2D eigenvalue weighted by Gasteiger charge is 2.38. The first-order valence-electron chi connectivity index (χ1n) is 35.6. The Hall–Kier alpha value is -10.0. The van der Waals surface area contributed by atoms with Crippen molar-refractivity contribution >= 4 is 118 Å². The molecule has 0 saturated carbocycles. The number of hydrogen-bond donors (Lipinski definition) is 19. The summed E-state index contributed by atoms with van der Waals surface area (Å²) >= 11 is 1.33. The Morgan fingerprint density at radius 1 is 0.477 bits per heavy atom. The van der Waals surface area contributed by atoms with Crippen molar-refractivity contribution in [3.8, 4) is 0 Å². The van der Waals surface area contributed by atoms with E-state index < -0.39 is 248 Å². The maximum atomic E-state index is 14.1. The van der Waals surface area contributed by atoms with E-state index in [1.165, 1.54) is 46.4 Å². The molecule has 1 aromatic carbocycles. The molecule has 20 N–H and O–H groups in total. The van der Waals surface area contributed by atoms with Crippen molar-refractivity contribution in [1.82, 2.24) is 79.8 Å². The summed E-state index contributed by atoms with van der Waals surface area (Å²) in [5.41, 5.74) is 6.09. The molecular formula is C69H110N16O21S. The summed E-state index contributed by atoms with van der Waals surface area (Å²) in [7, 11) is 0. The Balaban J connectivity index is 2.14. The average molecular weight is 1530 g/mol. The first-order chi connectivity index (χ1) is 50.2. The van der Waals surface area contributed by atoms with Gasteiger partial charge in [0.2, 0.25) is 88.6 Å². The molecule has 38 heteroatoms. The van der Waals surface area contributed by atoms with Crippen LogP contribution in [-0.4, -0.2) is 232 Å². The van der Waals surface area contributed by atoms with E-state index in [1.54, 1.807) is 78.1 Å². The third kappa shape index (κ3) is 34.4. The van der Waals surface area contributed by atoms with E-state index in [1.807, 2.05) is 0 Å². The van der Waals surface area contributed by atoms with Crippen LogP contribution in [0.2, 0.25) is 0 Å². The molecule has 2 rings (SSSR count). The summed E-state index contributed by atoms with van der Waals surface area (Å²) in [6.45, 7) is 16.1.